The lowest BCUT2D eigenvalue weighted by atomic mass is 9.74. The number of ketones is 1. The highest BCUT2D eigenvalue weighted by atomic mass is 16.6. The average molecular weight is 388 g/mol. The number of ether oxygens (including phenoxy) is 1. The largest absolute Gasteiger partial charge is 0.480 e. The van der Waals surface area contributed by atoms with Crippen molar-refractivity contribution >= 4 is 11.5 Å². The predicted octanol–water partition coefficient (Wildman–Crippen LogP) is 4.40. The molecule has 0 aromatic heterocycles. The topological polar surface area (TPSA) is 113 Å². The molecule has 7 nitrogen and oxygen atoms in total. The molecular formula is C22H16N2O5. The quantitative estimate of drug-likeness (QED) is 0.616. The van der Waals surface area contributed by atoms with Crippen LogP contribution in [0.1, 0.15) is 35.8 Å². The van der Waals surface area contributed by atoms with Gasteiger partial charge in [0.2, 0.25) is 0 Å². The Kier molecular flexibility index (Phi) is 4.61. The minimum atomic E-state index is -0.811. The second-order valence-electron chi connectivity index (χ2n) is 6.99. The maximum Gasteiger partial charge on any atom is 0.297 e. The van der Waals surface area contributed by atoms with E-state index in [9.17, 15) is 25.3 Å². The lowest BCUT2D eigenvalue weighted by Crippen LogP contribution is -2.28. The van der Waals surface area contributed by atoms with Crippen molar-refractivity contribution in [1.29, 1.82) is 5.26 Å². The van der Waals surface area contributed by atoms with Crippen LogP contribution in [0.25, 0.3) is 0 Å². The number of nitriles is 1. The number of non-ortho nitro benzene ring substituents is 1. The number of benzene rings is 2. The van der Waals surface area contributed by atoms with E-state index >= 15 is 0 Å². The van der Waals surface area contributed by atoms with E-state index in [2.05, 4.69) is 0 Å². The van der Waals surface area contributed by atoms with Gasteiger partial charge in [-0.05, 0) is 17.0 Å². The van der Waals surface area contributed by atoms with Crippen LogP contribution in [0, 0.1) is 21.4 Å². The number of nitro groups is 1. The molecule has 0 saturated heterocycles. The molecule has 0 amide bonds. The molecule has 29 heavy (non-hydrogen) atoms. The number of nitro benzene ring substituents is 1. The fourth-order valence-corrected chi connectivity index (χ4v) is 3.95. The molecule has 1 aliphatic heterocycles. The molecule has 7 heteroatoms. The molecule has 1 aliphatic carbocycles. The van der Waals surface area contributed by atoms with Gasteiger partial charge in [0.25, 0.3) is 11.6 Å². The van der Waals surface area contributed by atoms with Crippen LogP contribution >= 0.6 is 0 Å². The molecular weight excluding hydrogens is 372 g/mol. The van der Waals surface area contributed by atoms with Crippen molar-refractivity contribution in [3.8, 4) is 6.07 Å². The van der Waals surface area contributed by atoms with Crippen LogP contribution in [0.2, 0.25) is 0 Å². The van der Waals surface area contributed by atoms with E-state index < -0.39 is 16.8 Å². The first-order valence-corrected chi connectivity index (χ1v) is 9.06. The summed E-state index contributed by atoms with van der Waals surface area (Å²) < 4.78 is 5.49. The van der Waals surface area contributed by atoms with Gasteiger partial charge in [-0.25, -0.2) is 0 Å². The fraction of sp³-hybridized carbons (Fsp3) is 0.182. The van der Waals surface area contributed by atoms with Crippen LogP contribution in [0.15, 0.2) is 77.4 Å². The van der Waals surface area contributed by atoms with Crippen molar-refractivity contribution < 1.29 is 19.6 Å². The molecule has 2 atom stereocenters. The molecule has 144 valence electrons. The van der Waals surface area contributed by atoms with E-state index in [-0.39, 0.29) is 29.4 Å². The third-order valence-corrected chi connectivity index (χ3v) is 5.32. The summed E-state index contributed by atoms with van der Waals surface area (Å²) in [6.07, 6.45) is 0.673. The number of aliphatic hydroxyl groups excluding tert-OH is 1. The summed E-state index contributed by atoms with van der Waals surface area (Å²) in [5, 5.41) is 30.8. The summed E-state index contributed by atoms with van der Waals surface area (Å²) in [5.41, 5.74) is 1.67. The predicted molar refractivity (Wildman–Crippen MR) is 103 cm³/mol. The van der Waals surface area contributed by atoms with Crippen LogP contribution in [-0.2, 0) is 9.53 Å². The fourth-order valence-electron chi connectivity index (χ4n) is 3.95. The summed E-state index contributed by atoms with van der Waals surface area (Å²) in [6.45, 7) is 0. The minimum absolute atomic E-state index is 0.0795. The number of aliphatic hydroxyl groups is 1. The van der Waals surface area contributed by atoms with Gasteiger partial charge < -0.3 is 9.84 Å². The van der Waals surface area contributed by atoms with Gasteiger partial charge in [0.15, 0.2) is 5.78 Å². The highest BCUT2D eigenvalue weighted by Gasteiger charge is 2.41. The zero-order valence-electron chi connectivity index (χ0n) is 15.2. The minimum Gasteiger partial charge on any atom is -0.480 e. The summed E-state index contributed by atoms with van der Waals surface area (Å²) >= 11 is 0. The molecule has 2 aliphatic rings. The Bertz CT molecular complexity index is 1090. The Balaban J connectivity index is 1.77. The Morgan fingerprint density at radius 2 is 1.76 bits per heavy atom. The van der Waals surface area contributed by atoms with Gasteiger partial charge in [-0.15, -0.1) is 0 Å². The highest BCUT2D eigenvalue weighted by Crippen LogP contribution is 2.47. The monoisotopic (exact) mass is 388 g/mol. The average Bonchev–Trinajstić information content (AvgIpc) is 2.73. The molecule has 0 spiro atoms. The Labute approximate surface area is 166 Å². The van der Waals surface area contributed by atoms with Gasteiger partial charge >= 0.3 is 0 Å². The van der Waals surface area contributed by atoms with Crippen molar-refractivity contribution in [2.24, 2.45) is 0 Å². The number of rotatable bonds is 3. The first kappa shape index (κ1) is 18.4. The smallest absolute Gasteiger partial charge is 0.297 e. The molecule has 0 radical (unpaired) electrons. The van der Waals surface area contributed by atoms with E-state index in [1.807, 2.05) is 36.4 Å². The first-order chi connectivity index (χ1) is 14.0. The zero-order chi connectivity index (χ0) is 20.5. The number of allylic oxidation sites excluding steroid dienone is 3. The van der Waals surface area contributed by atoms with Gasteiger partial charge in [0.05, 0.1) is 10.8 Å². The molecule has 1 heterocycles. The zero-order valence-corrected chi connectivity index (χ0v) is 15.2. The first-order valence-electron chi connectivity index (χ1n) is 9.06. The maximum absolute atomic E-state index is 13.1. The lowest BCUT2D eigenvalue weighted by Gasteiger charge is -2.33. The van der Waals surface area contributed by atoms with Crippen molar-refractivity contribution in [1.82, 2.24) is 0 Å². The van der Waals surface area contributed by atoms with Crippen molar-refractivity contribution in [3.05, 3.63) is 98.7 Å². The van der Waals surface area contributed by atoms with Gasteiger partial charge in [-0.1, -0.05) is 42.5 Å². The van der Waals surface area contributed by atoms with Crippen molar-refractivity contribution in [2.45, 2.75) is 24.7 Å². The summed E-state index contributed by atoms with van der Waals surface area (Å²) in [4.78, 5) is 23.5. The number of carbonyl (C=O) groups excluding carboxylic acids is 1. The maximum atomic E-state index is 13.1. The SMILES string of the molecule is N#CC1=C(O)OC2=C(C(=O)C[C@@H](c3ccccc3)C2)[C@H]1c1ccc([N+](=O)[O-])cc1. The molecule has 2 aromatic rings. The molecule has 0 fully saturated rings. The molecule has 2 aromatic carbocycles. The number of carbonyl (C=O) groups is 1. The Morgan fingerprint density at radius 3 is 2.38 bits per heavy atom. The lowest BCUT2D eigenvalue weighted by molar-refractivity contribution is -0.384. The Hall–Kier alpha value is -3.92. The van der Waals surface area contributed by atoms with Gasteiger partial charge in [0.1, 0.15) is 17.4 Å². The molecule has 1 N–H and O–H groups in total. The van der Waals surface area contributed by atoms with E-state index in [0.29, 0.717) is 23.3 Å². The molecule has 4 rings (SSSR count). The van der Waals surface area contributed by atoms with E-state index in [0.717, 1.165) is 5.56 Å². The van der Waals surface area contributed by atoms with E-state index in [1.54, 1.807) is 0 Å². The second-order valence-corrected chi connectivity index (χ2v) is 6.99. The van der Waals surface area contributed by atoms with Crippen LogP contribution in [0.5, 0.6) is 0 Å². The van der Waals surface area contributed by atoms with E-state index in [4.69, 9.17) is 4.74 Å². The van der Waals surface area contributed by atoms with E-state index in [1.165, 1.54) is 24.3 Å². The third-order valence-electron chi connectivity index (χ3n) is 5.32. The summed E-state index contributed by atoms with van der Waals surface area (Å²) in [5.74, 6) is -1.25. The van der Waals surface area contributed by atoms with Gasteiger partial charge in [-0.2, -0.15) is 5.26 Å². The highest BCUT2D eigenvalue weighted by molar-refractivity contribution is 6.00. The Morgan fingerprint density at radius 1 is 1.07 bits per heavy atom. The van der Waals surface area contributed by atoms with Crippen LogP contribution < -0.4 is 0 Å². The van der Waals surface area contributed by atoms with Crippen LogP contribution in [0.3, 0.4) is 0 Å². The summed E-state index contributed by atoms with van der Waals surface area (Å²) in [6, 6.07) is 17.1. The third kappa shape index (κ3) is 3.25. The normalized spacial score (nSPS) is 21.3. The van der Waals surface area contributed by atoms with Crippen LogP contribution in [-0.4, -0.2) is 15.8 Å². The molecule has 0 bridgehead atoms. The van der Waals surface area contributed by atoms with Gasteiger partial charge in [-0.3, -0.25) is 14.9 Å². The standard InChI is InChI=1S/C22H16N2O5/c23-12-17-20(14-6-8-16(9-7-14)24(27)28)21-18(25)10-15(11-19(21)29-22(17)26)13-4-2-1-3-5-13/h1-9,15,20,26H,10-11H2/t15-,20+/m1/s1. The second kappa shape index (κ2) is 7.24. The molecule has 0 saturated carbocycles. The number of Topliss-reactive ketones (excluding diaryl/α,β-unsaturated/α-hetero) is 1. The van der Waals surface area contributed by atoms with Crippen molar-refractivity contribution in [3.63, 3.8) is 0 Å². The number of nitrogens with zero attached hydrogens (tertiary/aromatic N) is 2. The van der Waals surface area contributed by atoms with Crippen molar-refractivity contribution in [2.75, 3.05) is 0 Å². The van der Waals surface area contributed by atoms with Crippen LogP contribution in [0.4, 0.5) is 5.69 Å². The molecule has 0 unspecified atom stereocenters. The number of hydrogen-bond donors (Lipinski definition) is 1. The summed E-state index contributed by atoms with van der Waals surface area (Å²) in [7, 11) is 0. The van der Waals surface area contributed by atoms with Gasteiger partial charge in [0, 0.05) is 30.5 Å². The number of hydrogen-bond acceptors (Lipinski definition) is 6.